The van der Waals surface area contributed by atoms with Gasteiger partial charge in [-0.2, -0.15) is 4.72 Å². The summed E-state index contributed by atoms with van der Waals surface area (Å²) in [7, 11) is -0.386. The van der Waals surface area contributed by atoms with E-state index in [1.807, 2.05) is 0 Å². The third kappa shape index (κ3) is 5.07. The van der Waals surface area contributed by atoms with Gasteiger partial charge in [-0.3, -0.25) is 0 Å². The molecule has 0 bridgehead atoms. The Kier molecular flexibility index (Phi) is 7.19. The van der Waals surface area contributed by atoms with Crippen molar-refractivity contribution >= 4 is 16.0 Å². The van der Waals surface area contributed by atoms with Crippen LogP contribution in [0.1, 0.15) is 27.5 Å². The Bertz CT molecular complexity index is 1240. The van der Waals surface area contributed by atoms with Gasteiger partial charge in [0, 0.05) is 0 Å². The van der Waals surface area contributed by atoms with Crippen molar-refractivity contribution in [1.82, 2.24) is 4.72 Å². The van der Waals surface area contributed by atoms with Crippen LogP contribution in [0, 0.1) is 5.82 Å². The maximum Gasteiger partial charge on any atom is 0.343 e. The quantitative estimate of drug-likeness (QED) is 0.486. The maximum atomic E-state index is 13.5. The molecule has 3 aromatic carbocycles. The van der Waals surface area contributed by atoms with Crippen molar-refractivity contribution in [3.05, 3.63) is 83.2 Å². The number of methoxy groups -OCH3 is 3. The van der Waals surface area contributed by atoms with E-state index in [9.17, 15) is 22.7 Å². The molecule has 0 aliphatic carbocycles. The third-order valence-electron chi connectivity index (χ3n) is 4.94. The average molecular weight is 475 g/mol. The number of hydrogen-bond acceptors (Lipinski definition) is 6. The van der Waals surface area contributed by atoms with Gasteiger partial charge in [0.2, 0.25) is 10.0 Å². The summed E-state index contributed by atoms with van der Waals surface area (Å²) >= 11 is 0. The van der Waals surface area contributed by atoms with Gasteiger partial charge in [0.15, 0.2) is 5.75 Å². The van der Waals surface area contributed by atoms with Crippen LogP contribution in [-0.4, -0.2) is 40.8 Å². The fourth-order valence-electron chi connectivity index (χ4n) is 3.33. The minimum Gasteiger partial charge on any atom is -0.497 e. The SMILES string of the molecule is COc1ccc(C(NS(=O)(=O)c2ccc(OC)c(C(=O)O)c2OC)c2ccc(F)cc2)cc1. The van der Waals surface area contributed by atoms with Gasteiger partial charge in [-0.1, -0.05) is 24.3 Å². The van der Waals surface area contributed by atoms with E-state index < -0.39 is 33.4 Å². The van der Waals surface area contributed by atoms with Gasteiger partial charge in [-0.05, 0) is 47.5 Å². The number of halogens is 1. The number of nitrogens with one attached hydrogen (secondary N) is 1. The van der Waals surface area contributed by atoms with Crippen LogP contribution in [0.4, 0.5) is 4.39 Å². The molecule has 3 rings (SSSR count). The minimum atomic E-state index is -4.32. The molecule has 0 fully saturated rings. The van der Waals surface area contributed by atoms with Crippen LogP contribution in [0.2, 0.25) is 0 Å². The topological polar surface area (TPSA) is 111 Å². The molecule has 1 unspecified atom stereocenters. The Morgan fingerprint density at radius 2 is 1.45 bits per heavy atom. The van der Waals surface area contributed by atoms with Gasteiger partial charge >= 0.3 is 5.97 Å². The highest BCUT2D eigenvalue weighted by Crippen LogP contribution is 2.36. The molecule has 0 amide bonds. The summed E-state index contributed by atoms with van der Waals surface area (Å²) in [6.07, 6.45) is 0. The van der Waals surface area contributed by atoms with Crippen LogP contribution in [0.15, 0.2) is 65.6 Å². The van der Waals surface area contributed by atoms with Crippen molar-refractivity contribution in [3.63, 3.8) is 0 Å². The molecule has 174 valence electrons. The number of aromatic carboxylic acids is 1. The Hall–Kier alpha value is -3.63. The van der Waals surface area contributed by atoms with E-state index in [2.05, 4.69) is 4.72 Å². The molecule has 0 saturated heterocycles. The average Bonchev–Trinajstić information content (AvgIpc) is 2.82. The molecule has 0 spiro atoms. The predicted molar refractivity (Wildman–Crippen MR) is 118 cm³/mol. The molecule has 0 heterocycles. The van der Waals surface area contributed by atoms with Crippen LogP contribution in [0.3, 0.4) is 0 Å². The normalized spacial score (nSPS) is 12.1. The summed E-state index contributed by atoms with van der Waals surface area (Å²) in [6.45, 7) is 0. The summed E-state index contributed by atoms with van der Waals surface area (Å²) in [5.41, 5.74) is 0.596. The monoisotopic (exact) mass is 475 g/mol. The first kappa shape index (κ1) is 24.0. The number of ether oxygens (including phenoxy) is 3. The molecule has 0 aliphatic heterocycles. The van der Waals surface area contributed by atoms with Crippen molar-refractivity contribution in [3.8, 4) is 17.2 Å². The van der Waals surface area contributed by atoms with Crippen molar-refractivity contribution in [2.24, 2.45) is 0 Å². The molecule has 33 heavy (non-hydrogen) atoms. The van der Waals surface area contributed by atoms with Gasteiger partial charge in [0.25, 0.3) is 0 Å². The van der Waals surface area contributed by atoms with Crippen molar-refractivity contribution in [2.45, 2.75) is 10.9 Å². The number of carboxylic acids is 1. The van der Waals surface area contributed by atoms with Crippen LogP contribution >= 0.6 is 0 Å². The molecular formula is C23H22FNO7S. The van der Waals surface area contributed by atoms with Crippen LogP contribution in [0.5, 0.6) is 17.2 Å². The first-order valence-electron chi connectivity index (χ1n) is 9.61. The zero-order valence-electron chi connectivity index (χ0n) is 18.0. The lowest BCUT2D eigenvalue weighted by molar-refractivity contribution is 0.0689. The van der Waals surface area contributed by atoms with Gasteiger partial charge < -0.3 is 19.3 Å². The van der Waals surface area contributed by atoms with E-state index in [1.165, 1.54) is 57.7 Å². The lowest BCUT2D eigenvalue weighted by Crippen LogP contribution is -2.30. The van der Waals surface area contributed by atoms with Gasteiger partial charge in [-0.25, -0.2) is 17.6 Å². The van der Waals surface area contributed by atoms with Gasteiger partial charge in [0.1, 0.15) is 27.8 Å². The molecule has 2 N–H and O–H groups in total. The zero-order valence-corrected chi connectivity index (χ0v) is 18.9. The van der Waals surface area contributed by atoms with E-state index in [0.29, 0.717) is 16.9 Å². The first-order valence-corrected chi connectivity index (χ1v) is 11.1. The standard InChI is InChI=1S/C23H22FNO7S/c1-30-17-10-6-15(7-11-17)21(14-4-8-16(24)9-5-14)25-33(28,29)19-13-12-18(31-2)20(23(26)27)22(19)32-3/h4-13,21,25H,1-3H3,(H,26,27). The molecule has 0 saturated carbocycles. The molecule has 10 heteroatoms. The summed E-state index contributed by atoms with van der Waals surface area (Å²) in [6, 6.07) is 13.5. The molecule has 0 aliphatic rings. The first-order chi connectivity index (χ1) is 15.7. The Morgan fingerprint density at radius 1 is 0.879 bits per heavy atom. The van der Waals surface area contributed by atoms with Crippen molar-refractivity contribution in [2.75, 3.05) is 21.3 Å². The Labute approximate surface area is 190 Å². The minimum absolute atomic E-state index is 0.0523. The van der Waals surface area contributed by atoms with Crippen molar-refractivity contribution in [1.29, 1.82) is 0 Å². The van der Waals surface area contributed by atoms with Crippen LogP contribution < -0.4 is 18.9 Å². The van der Waals surface area contributed by atoms with E-state index in [0.717, 1.165) is 0 Å². The summed E-state index contributed by atoms with van der Waals surface area (Å²) < 4.78 is 58.3. The second-order valence-corrected chi connectivity index (χ2v) is 8.54. The number of sulfonamides is 1. The predicted octanol–water partition coefficient (Wildman–Crippen LogP) is 3.62. The number of hydrogen-bond donors (Lipinski definition) is 2. The fourth-order valence-corrected chi connectivity index (χ4v) is 4.72. The molecule has 3 aromatic rings. The van der Waals surface area contributed by atoms with Crippen LogP contribution in [0.25, 0.3) is 0 Å². The van der Waals surface area contributed by atoms with Gasteiger partial charge in [0.05, 0.1) is 27.4 Å². The lowest BCUT2D eigenvalue weighted by Gasteiger charge is -2.22. The summed E-state index contributed by atoms with van der Waals surface area (Å²) in [5.74, 6) is -1.74. The summed E-state index contributed by atoms with van der Waals surface area (Å²) in [5, 5.41) is 9.59. The van der Waals surface area contributed by atoms with E-state index >= 15 is 0 Å². The maximum absolute atomic E-state index is 13.5. The van der Waals surface area contributed by atoms with Gasteiger partial charge in [-0.15, -0.1) is 0 Å². The molecule has 0 radical (unpaired) electrons. The molecular weight excluding hydrogens is 453 g/mol. The Morgan fingerprint density at radius 3 is 1.94 bits per heavy atom. The molecule has 8 nitrogen and oxygen atoms in total. The van der Waals surface area contributed by atoms with E-state index in [1.54, 1.807) is 24.3 Å². The number of carboxylic acid groups (broad SMARTS) is 1. The third-order valence-corrected chi connectivity index (χ3v) is 6.38. The second-order valence-electron chi connectivity index (χ2n) is 6.86. The largest absolute Gasteiger partial charge is 0.497 e. The number of rotatable bonds is 9. The van der Waals surface area contributed by atoms with E-state index in [4.69, 9.17) is 14.2 Å². The highest BCUT2D eigenvalue weighted by Gasteiger charge is 2.30. The lowest BCUT2D eigenvalue weighted by atomic mass is 9.99. The second kappa shape index (κ2) is 9.88. The zero-order chi connectivity index (χ0) is 24.2. The fraction of sp³-hybridized carbons (Fsp3) is 0.174. The summed E-state index contributed by atoms with van der Waals surface area (Å²) in [4.78, 5) is 11.4. The highest BCUT2D eigenvalue weighted by atomic mass is 32.2. The number of benzene rings is 3. The highest BCUT2D eigenvalue weighted by molar-refractivity contribution is 7.89. The molecule has 1 atom stereocenters. The smallest absolute Gasteiger partial charge is 0.343 e. The molecule has 0 aromatic heterocycles. The van der Waals surface area contributed by atoms with Crippen LogP contribution in [-0.2, 0) is 10.0 Å². The van der Waals surface area contributed by atoms with E-state index in [-0.39, 0.29) is 16.4 Å². The van der Waals surface area contributed by atoms with Crippen molar-refractivity contribution < 1.29 is 36.9 Å². The Balaban J connectivity index is 2.13. The number of carbonyl (C=O) groups is 1.